The van der Waals surface area contributed by atoms with E-state index in [1.807, 2.05) is 30.0 Å². The van der Waals surface area contributed by atoms with Gasteiger partial charge in [0, 0.05) is 36.7 Å². The number of aromatic hydroxyl groups is 1. The first kappa shape index (κ1) is 20.4. The largest absolute Gasteiger partial charge is 0.508 e. The minimum absolute atomic E-state index is 0. The van der Waals surface area contributed by atoms with Crippen LogP contribution in [0.3, 0.4) is 0 Å². The Morgan fingerprint density at radius 3 is 2.87 bits per heavy atom. The van der Waals surface area contributed by atoms with Gasteiger partial charge in [0.05, 0.1) is 0 Å². The number of rotatable bonds is 4. The number of thioether (sulfide) groups is 1. The maximum atomic E-state index is 9.51. The van der Waals surface area contributed by atoms with Crippen molar-refractivity contribution in [3.63, 3.8) is 0 Å². The van der Waals surface area contributed by atoms with Gasteiger partial charge >= 0.3 is 0 Å². The van der Waals surface area contributed by atoms with Crippen molar-refractivity contribution in [3.05, 3.63) is 29.8 Å². The molecule has 0 unspecified atom stereocenters. The molecule has 2 N–H and O–H groups in total. The molecule has 1 aromatic rings. The van der Waals surface area contributed by atoms with Crippen LogP contribution in [-0.4, -0.2) is 52.6 Å². The number of guanidine groups is 1. The Kier molecular flexibility index (Phi) is 8.53. The second-order valence-electron chi connectivity index (χ2n) is 6.19. The van der Waals surface area contributed by atoms with Gasteiger partial charge < -0.3 is 15.3 Å². The maximum absolute atomic E-state index is 9.51. The summed E-state index contributed by atoms with van der Waals surface area (Å²) in [4.78, 5) is 7.13. The zero-order valence-electron chi connectivity index (χ0n) is 14.2. The molecule has 0 atom stereocenters. The first-order chi connectivity index (χ1) is 10.5. The monoisotopic (exact) mass is 449 g/mol. The Hall–Kier alpha value is -0.630. The number of nitrogens with zero attached hydrogens (tertiary/aromatic N) is 2. The van der Waals surface area contributed by atoms with Crippen molar-refractivity contribution in [1.29, 1.82) is 0 Å². The van der Waals surface area contributed by atoms with Gasteiger partial charge in [-0.15, -0.1) is 24.0 Å². The number of aliphatic imine (C=N–C) groups is 1. The molecule has 1 saturated heterocycles. The smallest absolute Gasteiger partial charge is 0.193 e. The zero-order valence-corrected chi connectivity index (χ0v) is 17.4. The lowest BCUT2D eigenvalue weighted by Crippen LogP contribution is -2.51. The van der Waals surface area contributed by atoms with E-state index in [9.17, 15) is 5.11 Å². The van der Waals surface area contributed by atoms with Crippen molar-refractivity contribution in [3.8, 4) is 5.75 Å². The number of halogens is 1. The third-order valence-corrected chi connectivity index (χ3v) is 4.93. The number of phenolic OH excluding ortho intramolecular Hbond substituents is 1. The molecule has 1 aromatic carbocycles. The SMILES string of the molecule is CCNC(=NCCc1cccc(O)c1)N1CCSC(C)(C)C1.I. The normalized spacial score (nSPS) is 17.5. The van der Waals surface area contributed by atoms with Crippen molar-refractivity contribution in [2.24, 2.45) is 4.99 Å². The Labute approximate surface area is 161 Å². The van der Waals surface area contributed by atoms with Crippen molar-refractivity contribution in [2.75, 3.05) is 31.9 Å². The fraction of sp³-hybridized carbons (Fsp3) is 0.588. The van der Waals surface area contributed by atoms with Gasteiger partial charge in [0.15, 0.2) is 5.96 Å². The van der Waals surface area contributed by atoms with E-state index in [0.717, 1.165) is 49.9 Å². The minimum atomic E-state index is 0. The van der Waals surface area contributed by atoms with Crippen LogP contribution in [0.4, 0.5) is 0 Å². The lowest BCUT2D eigenvalue weighted by atomic mass is 10.1. The van der Waals surface area contributed by atoms with Crippen LogP contribution in [0.25, 0.3) is 0 Å². The van der Waals surface area contributed by atoms with Crippen LogP contribution in [0, 0.1) is 0 Å². The van der Waals surface area contributed by atoms with Gasteiger partial charge in [0.2, 0.25) is 0 Å². The zero-order chi connectivity index (χ0) is 16.0. The average Bonchev–Trinajstić information content (AvgIpc) is 2.45. The van der Waals surface area contributed by atoms with Crippen LogP contribution in [0.5, 0.6) is 5.75 Å². The van der Waals surface area contributed by atoms with E-state index in [4.69, 9.17) is 4.99 Å². The van der Waals surface area contributed by atoms with Crippen molar-refractivity contribution < 1.29 is 5.11 Å². The fourth-order valence-corrected chi connectivity index (χ4v) is 3.74. The first-order valence-electron chi connectivity index (χ1n) is 7.95. The molecule has 0 aromatic heterocycles. The molecule has 6 heteroatoms. The van der Waals surface area contributed by atoms with Crippen LogP contribution in [0.15, 0.2) is 29.3 Å². The molecule has 0 amide bonds. The van der Waals surface area contributed by atoms with E-state index in [1.54, 1.807) is 6.07 Å². The summed E-state index contributed by atoms with van der Waals surface area (Å²) < 4.78 is 0.277. The van der Waals surface area contributed by atoms with Gasteiger partial charge in [0.1, 0.15) is 5.75 Å². The first-order valence-corrected chi connectivity index (χ1v) is 8.94. The highest BCUT2D eigenvalue weighted by Crippen LogP contribution is 2.29. The number of hydrogen-bond donors (Lipinski definition) is 2. The molecule has 0 spiro atoms. The molecule has 0 aliphatic carbocycles. The summed E-state index contributed by atoms with van der Waals surface area (Å²) in [5.74, 6) is 2.48. The van der Waals surface area contributed by atoms with Crippen LogP contribution in [0.2, 0.25) is 0 Å². The molecule has 0 saturated carbocycles. The summed E-state index contributed by atoms with van der Waals surface area (Å²) in [7, 11) is 0. The summed E-state index contributed by atoms with van der Waals surface area (Å²) in [6.07, 6.45) is 0.843. The Morgan fingerprint density at radius 2 is 2.22 bits per heavy atom. The Bertz CT molecular complexity index is 522. The second-order valence-corrected chi connectivity index (χ2v) is 7.99. The third kappa shape index (κ3) is 6.79. The van der Waals surface area contributed by atoms with Crippen LogP contribution < -0.4 is 5.32 Å². The standard InChI is InChI=1S/C17H27N3OS.HI/c1-4-18-16(20-10-11-22-17(2,3)13-20)19-9-8-14-6-5-7-15(21)12-14;/h5-7,12,21H,4,8-11,13H2,1-3H3,(H,18,19);1H. The van der Waals surface area contributed by atoms with E-state index in [0.29, 0.717) is 5.75 Å². The van der Waals surface area contributed by atoms with Crippen LogP contribution in [-0.2, 0) is 6.42 Å². The van der Waals surface area contributed by atoms with Crippen LogP contribution >= 0.6 is 35.7 Å². The molecule has 130 valence electrons. The molecule has 0 radical (unpaired) electrons. The van der Waals surface area contributed by atoms with E-state index in [1.165, 1.54) is 0 Å². The molecular weight excluding hydrogens is 421 g/mol. The lowest BCUT2D eigenvalue weighted by Gasteiger charge is -2.39. The van der Waals surface area contributed by atoms with Crippen molar-refractivity contribution in [2.45, 2.75) is 31.9 Å². The highest BCUT2D eigenvalue weighted by molar-refractivity contribution is 14.0. The van der Waals surface area contributed by atoms with E-state index < -0.39 is 0 Å². The Morgan fingerprint density at radius 1 is 1.43 bits per heavy atom. The van der Waals surface area contributed by atoms with Crippen LogP contribution in [0.1, 0.15) is 26.3 Å². The molecular formula is C17H28IN3OS. The van der Waals surface area contributed by atoms with E-state index >= 15 is 0 Å². The van der Waals surface area contributed by atoms with Gasteiger partial charge in [-0.05, 0) is 44.9 Å². The molecule has 4 nitrogen and oxygen atoms in total. The second kappa shape index (κ2) is 9.61. The molecule has 1 heterocycles. The molecule has 1 aliphatic heterocycles. The Balaban J connectivity index is 0.00000264. The summed E-state index contributed by atoms with van der Waals surface area (Å²) in [5.41, 5.74) is 1.12. The van der Waals surface area contributed by atoms with Gasteiger partial charge in [-0.1, -0.05) is 12.1 Å². The fourth-order valence-electron chi connectivity index (χ4n) is 2.63. The predicted octanol–water partition coefficient (Wildman–Crippen LogP) is 3.35. The molecule has 1 aliphatic rings. The third-order valence-electron chi connectivity index (χ3n) is 3.63. The molecule has 1 fully saturated rings. The summed E-state index contributed by atoms with van der Waals surface area (Å²) in [6, 6.07) is 7.42. The number of nitrogens with one attached hydrogen (secondary N) is 1. The topological polar surface area (TPSA) is 47.9 Å². The quantitative estimate of drug-likeness (QED) is 0.421. The average molecular weight is 449 g/mol. The van der Waals surface area contributed by atoms with Gasteiger partial charge in [-0.2, -0.15) is 11.8 Å². The highest BCUT2D eigenvalue weighted by atomic mass is 127. The minimum Gasteiger partial charge on any atom is -0.508 e. The number of benzene rings is 1. The predicted molar refractivity (Wildman–Crippen MR) is 111 cm³/mol. The lowest BCUT2D eigenvalue weighted by molar-refractivity contribution is 0.376. The van der Waals surface area contributed by atoms with E-state index in [-0.39, 0.29) is 28.7 Å². The molecule has 23 heavy (non-hydrogen) atoms. The van der Waals surface area contributed by atoms with Gasteiger partial charge in [-0.25, -0.2) is 0 Å². The van der Waals surface area contributed by atoms with Gasteiger partial charge in [-0.3, -0.25) is 4.99 Å². The summed E-state index contributed by atoms with van der Waals surface area (Å²) in [6.45, 7) is 10.4. The number of hydrogen-bond acceptors (Lipinski definition) is 3. The van der Waals surface area contributed by atoms with Crippen molar-refractivity contribution >= 4 is 41.7 Å². The highest BCUT2D eigenvalue weighted by Gasteiger charge is 2.28. The van der Waals surface area contributed by atoms with E-state index in [2.05, 4.69) is 31.0 Å². The summed E-state index contributed by atoms with van der Waals surface area (Å²) in [5, 5.41) is 12.9. The molecule has 2 rings (SSSR count). The number of phenols is 1. The van der Waals surface area contributed by atoms with Crippen molar-refractivity contribution in [1.82, 2.24) is 10.2 Å². The van der Waals surface area contributed by atoms with Gasteiger partial charge in [0.25, 0.3) is 0 Å². The maximum Gasteiger partial charge on any atom is 0.193 e. The molecule has 0 bridgehead atoms. The summed E-state index contributed by atoms with van der Waals surface area (Å²) >= 11 is 2.03.